The third kappa shape index (κ3) is 4.34. The number of likely N-dealkylation sites (N-methyl/N-ethyl adjacent to an activating group) is 1. The van der Waals surface area contributed by atoms with Gasteiger partial charge in [0.25, 0.3) is 0 Å². The normalized spacial score (nSPS) is 14.2. The summed E-state index contributed by atoms with van der Waals surface area (Å²) < 4.78 is 0. The second kappa shape index (κ2) is 7.44. The van der Waals surface area contributed by atoms with Gasteiger partial charge in [-0.3, -0.25) is 4.79 Å². The predicted octanol–water partition coefficient (Wildman–Crippen LogP) is 3.14. The van der Waals surface area contributed by atoms with Crippen LogP contribution in [0.2, 0.25) is 0 Å². The van der Waals surface area contributed by atoms with Gasteiger partial charge >= 0.3 is 0 Å². The summed E-state index contributed by atoms with van der Waals surface area (Å²) >= 11 is 0. The molecule has 2 unspecified atom stereocenters. The third-order valence-electron chi connectivity index (χ3n) is 3.98. The summed E-state index contributed by atoms with van der Waals surface area (Å²) in [4.78, 5) is 13.9. The van der Waals surface area contributed by atoms with Gasteiger partial charge in [0.1, 0.15) is 0 Å². The highest BCUT2D eigenvalue weighted by atomic mass is 16.2. The standard InChI is InChI=1S/C17H28N2O/c1-6-13(4)16(18)17(20)19(5)11-14-7-9-15(10-8-14)12(2)3/h7-10,12-13,16H,6,11,18H2,1-5H3. The van der Waals surface area contributed by atoms with Gasteiger partial charge in [-0.15, -0.1) is 0 Å². The van der Waals surface area contributed by atoms with Gasteiger partial charge in [-0.1, -0.05) is 58.4 Å². The fourth-order valence-corrected chi connectivity index (χ4v) is 2.11. The van der Waals surface area contributed by atoms with E-state index in [1.165, 1.54) is 5.56 Å². The summed E-state index contributed by atoms with van der Waals surface area (Å²) in [5, 5.41) is 0. The third-order valence-corrected chi connectivity index (χ3v) is 3.98. The summed E-state index contributed by atoms with van der Waals surface area (Å²) in [7, 11) is 1.82. The van der Waals surface area contributed by atoms with E-state index < -0.39 is 6.04 Å². The summed E-state index contributed by atoms with van der Waals surface area (Å²) in [5.41, 5.74) is 8.46. The number of hydrogen-bond acceptors (Lipinski definition) is 2. The number of nitrogens with zero attached hydrogens (tertiary/aromatic N) is 1. The minimum absolute atomic E-state index is 0.0206. The van der Waals surface area contributed by atoms with Crippen LogP contribution in [0.15, 0.2) is 24.3 Å². The van der Waals surface area contributed by atoms with E-state index in [0.717, 1.165) is 12.0 Å². The molecule has 1 aromatic rings. The van der Waals surface area contributed by atoms with Crippen LogP contribution >= 0.6 is 0 Å². The number of rotatable bonds is 6. The van der Waals surface area contributed by atoms with E-state index in [2.05, 4.69) is 45.0 Å². The lowest BCUT2D eigenvalue weighted by atomic mass is 9.98. The Kier molecular flexibility index (Phi) is 6.21. The Morgan fingerprint density at radius 1 is 1.20 bits per heavy atom. The second-order valence-electron chi connectivity index (χ2n) is 6.00. The van der Waals surface area contributed by atoms with Crippen molar-refractivity contribution in [3.63, 3.8) is 0 Å². The highest BCUT2D eigenvalue weighted by Crippen LogP contribution is 2.16. The highest BCUT2D eigenvalue weighted by molar-refractivity contribution is 5.81. The minimum atomic E-state index is -0.403. The number of nitrogens with two attached hydrogens (primary N) is 1. The smallest absolute Gasteiger partial charge is 0.239 e. The molecule has 0 fully saturated rings. The molecule has 2 atom stereocenters. The van der Waals surface area contributed by atoms with Crippen molar-refractivity contribution in [2.24, 2.45) is 11.7 Å². The van der Waals surface area contributed by atoms with Crippen LogP contribution in [-0.4, -0.2) is 23.9 Å². The van der Waals surface area contributed by atoms with Gasteiger partial charge in [0.2, 0.25) is 5.91 Å². The summed E-state index contributed by atoms with van der Waals surface area (Å²) in [6, 6.07) is 8.04. The molecule has 0 aliphatic rings. The molecule has 1 aromatic carbocycles. The van der Waals surface area contributed by atoms with Gasteiger partial charge in [0, 0.05) is 13.6 Å². The van der Waals surface area contributed by atoms with Gasteiger partial charge in [-0.2, -0.15) is 0 Å². The van der Waals surface area contributed by atoms with E-state index in [9.17, 15) is 4.79 Å². The van der Waals surface area contributed by atoms with Crippen molar-refractivity contribution in [3.05, 3.63) is 35.4 Å². The van der Waals surface area contributed by atoms with Gasteiger partial charge in [0.15, 0.2) is 0 Å². The molecule has 2 N–H and O–H groups in total. The van der Waals surface area contributed by atoms with E-state index in [4.69, 9.17) is 5.73 Å². The maximum absolute atomic E-state index is 12.2. The van der Waals surface area contributed by atoms with E-state index in [0.29, 0.717) is 12.5 Å². The van der Waals surface area contributed by atoms with Crippen LogP contribution in [0, 0.1) is 5.92 Å². The number of carbonyl (C=O) groups is 1. The van der Waals surface area contributed by atoms with Crippen molar-refractivity contribution in [2.75, 3.05) is 7.05 Å². The molecule has 0 bridgehead atoms. The molecule has 1 rings (SSSR count). The summed E-state index contributed by atoms with van der Waals surface area (Å²) in [5.74, 6) is 0.766. The molecule has 0 saturated heterocycles. The zero-order valence-corrected chi connectivity index (χ0v) is 13.4. The Bertz CT molecular complexity index is 425. The molecular formula is C17H28N2O. The summed E-state index contributed by atoms with van der Waals surface area (Å²) in [6.07, 6.45) is 0.920. The molecule has 112 valence electrons. The van der Waals surface area contributed by atoms with Crippen LogP contribution in [0.4, 0.5) is 0 Å². The average Bonchev–Trinajstić information content (AvgIpc) is 2.45. The molecule has 0 heterocycles. The lowest BCUT2D eigenvalue weighted by molar-refractivity contribution is -0.132. The highest BCUT2D eigenvalue weighted by Gasteiger charge is 2.22. The quantitative estimate of drug-likeness (QED) is 0.867. The first-order chi connectivity index (χ1) is 9.36. The molecule has 0 radical (unpaired) electrons. The first-order valence-electron chi connectivity index (χ1n) is 7.46. The largest absolute Gasteiger partial charge is 0.340 e. The molecule has 0 aliphatic heterocycles. The van der Waals surface area contributed by atoms with E-state index in [-0.39, 0.29) is 11.8 Å². The lowest BCUT2D eigenvalue weighted by Gasteiger charge is -2.24. The predicted molar refractivity (Wildman–Crippen MR) is 84.4 cm³/mol. The first-order valence-corrected chi connectivity index (χ1v) is 7.46. The Labute approximate surface area is 123 Å². The Balaban J connectivity index is 2.65. The molecular weight excluding hydrogens is 248 g/mol. The molecule has 0 aliphatic carbocycles. The van der Waals surface area contributed by atoms with E-state index in [1.807, 2.05) is 14.0 Å². The van der Waals surface area contributed by atoms with Gasteiger partial charge < -0.3 is 10.6 Å². The lowest BCUT2D eigenvalue weighted by Crippen LogP contribution is -2.45. The fraction of sp³-hybridized carbons (Fsp3) is 0.588. The maximum atomic E-state index is 12.2. The second-order valence-corrected chi connectivity index (χ2v) is 6.00. The SMILES string of the molecule is CCC(C)C(N)C(=O)N(C)Cc1ccc(C(C)C)cc1. The zero-order valence-electron chi connectivity index (χ0n) is 13.4. The summed E-state index contributed by atoms with van der Waals surface area (Å²) in [6.45, 7) is 9.04. The van der Waals surface area contributed by atoms with Crippen LogP contribution in [0.25, 0.3) is 0 Å². The molecule has 20 heavy (non-hydrogen) atoms. The van der Waals surface area contributed by atoms with Crippen molar-refractivity contribution in [1.82, 2.24) is 4.90 Å². The van der Waals surface area contributed by atoms with Crippen molar-refractivity contribution >= 4 is 5.91 Å². The van der Waals surface area contributed by atoms with Crippen LogP contribution < -0.4 is 5.73 Å². The fourth-order valence-electron chi connectivity index (χ4n) is 2.11. The Hall–Kier alpha value is -1.35. The molecule has 0 aromatic heterocycles. The van der Waals surface area contributed by atoms with Crippen LogP contribution in [-0.2, 0) is 11.3 Å². The monoisotopic (exact) mass is 276 g/mol. The molecule has 3 heteroatoms. The Morgan fingerprint density at radius 3 is 2.20 bits per heavy atom. The number of carbonyl (C=O) groups excluding carboxylic acids is 1. The van der Waals surface area contributed by atoms with Gasteiger partial charge in [0.05, 0.1) is 6.04 Å². The maximum Gasteiger partial charge on any atom is 0.239 e. The van der Waals surface area contributed by atoms with E-state index >= 15 is 0 Å². The van der Waals surface area contributed by atoms with Gasteiger partial charge in [-0.05, 0) is 23.0 Å². The van der Waals surface area contributed by atoms with Crippen LogP contribution in [0.1, 0.15) is 51.2 Å². The number of amides is 1. The first kappa shape index (κ1) is 16.7. The molecule has 0 saturated carbocycles. The zero-order chi connectivity index (χ0) is 15.3. The Morgan fingerprint density at radius 2 is 1.75 bits per heavy atom. The topological polar surface area (TPSA) is 46.3 Å². The van der Waals surface area contributed by atoms with Crippen molar-refractivity contribution in [2.45, 2.75) is 52.6 Å². The van der Waals surface area contributed by atoms with Gasteiger partial charge in [-0.25, -0.2) is 0 Å². The van der Waals surface area contributed by atoms with Crippen LogP contribution in [0.3, 0.4) is 0 Å². The van der Waals surface area contributed by atoms with Crippen molar-refractivity contribution < 1.29 is 4.79 Å². The number of benzene rings is 1. The van der Waals surface area contributed by atoms with Crippen LogP contribution in [0.5, 0.6) is 0 Å². The molecule has 3 nitrogen and oxygen atoms in total. The molecule has 0 spiro atoms. The molecule has 1 amide bonds. The number of hydrogen-bond donors (Lipinski definition) is 1. The average molecular weight is 276 g/mol. The van der Waals surface area contributed by atoms with Crippen molar-refractivity contribution in [3.8, 4) is 0 Å². The minimum Gasteiger partial charge on any atom is -0.340 e. The van der Waals surface area contributed by atoms with Crippen molar-refractivity contribution in [1.29, 1.82) is 0 Å². The van der Waals surface area contributed by atoms with E-state index in [1.54, 1.807) is 4.90 Å².